The second-order valence-corrected chi connectivity index (χ2v) is 6.83. The summed E-state index contributed by atoms with van der Waals surface area (Å²) in [5.41, 5.74) is 2.36. The van der Waals surface area contributed by atoms with Crippen molar-refractivity contribution in [2.24, 2.45) is 4.99 Å². The molecule has 1 aliphatic heterocycles. The van der Waals surface area contributed by atoms with E-state index in [1.165, 1.54) is 11.8 Å². The van der Waals surface area contributed by atoms with Gasteiger partial charge in [-0.05, 0) is 42.8 Å². The van der Waals surface area contributed by atoms with E-state index in [0.717, 1.165) is 5.56 Å². The molecule has 0 saturated heterocycles. The number of esters is 1. The van der Waals surface area contributed by atoms with Crippen LogP contribution in [0.1, 0.15) is 22.8 Å². The van der Waals surface area contributed by atoms with Crippen molar-refractivity contribution in [3.63, 3.8) is 0 Å². The Bertz CT molecular complexity index is 934. The second kappa shape index (κ2) is 9.19. The quantitative estimate of drug-likeness (QED) is 0.412. The molecule has 1 amide bonds. The van der Waals surface area contributed by atoms with Gasteiger partial charge in [0.1, 0.15) is 5.70 Å². The summed E-state index contributed by atoms with van der Waals surface area (Å²) in [6, 6.07) is 16.3. The Kier molecular flexibility index (Phi) is 6.45. The maximum absolute atomic E-state index is 13.0. The molecule has 28 heavy (non-hydrogen) atoms. The van der Waals surface area contributed by atoms with Crippen LogP contribution in [0.2, 0.25) is 0 Å². The van der Waals surface area contributed by atoms with Crippen molar-refractivity contribution < 1.29 is 14.3 Å². The Hall–Kier alpha value is -3.12. The first-order chi connectivity index (χ1) is 13.6. The van der Waals surface area contributed by atoms with Gasteiger partial charge in [0.15, 0.2) is 5.17 Å². The molecule has 0 radical (unpaired) electrons. The summed E-state index contributed by atoms with van der Waals surface area (Å²) in [7, 11) is 0. The summed E-state index contributed by atoms with van der Waals surface area (Å²) in [6.07, 6.45) is 3.53. The predicted molar refractivity (Wildman–Crippen MR) is 114 cm³/mol. The monoisotopic (exact) mass is 392 g/mol. The van der Waals surface area contributed by atoms with Crippen molar-refractivity contribution in [2.75, 3.05) is 17.3 Å². The first kappa shape index (κ1) is 19.6. The highest BCUT2D eigenvalue weighted by Crippen LogP contribution is 2.29. The van der Waals surface area contributed by atoms with E-state index in [1.54, 1.807) is 48.2 Å². The number of ether oxygens (including phenoxy) is 1. The van der Waals surface area contributed by atoms with Crippen LogP contribution in [0.4, 0.5) is 5.69 Å². The van der Waals surface area contributed by atoms with E-state index >= 15 is 0 Å². The summed E-state index contributed by atoms with van der Waals surface area (Å²) >= 11 is 1.43. The van der Waals surface area contributed by atoms with Gasteiger partial charge < -0.3 is 4.74 Å². The lowest BCUT2D eigenvalue weighted by atomic mass is 10.1. The zero-order chi connectivity index (χ0) is 19.9. The number of hydrogen-bond donors (Lipinski definition) is 0. The van der Waals surface area contributed by atoms with Gasteiger partial charge in [-0.15, -0.1) is 6.58 Å². The molecule has 0 aromatic heterocycles. The van der Waals surface area contributed by atoms with Gasteiger partial charge in [-0.3, -0.25) is 9.69 Å². The molecule has 0 aliphatic carbocycles. The minimum absolute atomic E-state index is 0.209. The van der Waals surface area contributed by atoms with Crippen LogP contribution in [-0.4, -0.2) is 29.4 Å². The summed E-state index contributed by atoms with van der Waals surface area (Å²) in [4.78, 5) is 30.9. The van der Waals surface area contributed by atoms with Gasteiger partial charge in [-0.1, -0.05) is 48.2 Å². The van der Waals surface area contributed by atoms with E-state index in [-0.39, 0.29) is 11.9 Å². The first-order valence-electron chi connectivity index (χ1n) is 8.84. The molecule has 0 fully saturated rings. The molecule has 0 atom stereocenters. The molecule has 6 heteroatoms. The van der Waals surface area contributed by atoms with Crippen LogP contribution < -0.4 is 4.90 Å². The summed E-state index contributed by atoms with van der Waals surface area (Å²) in [5, 5.41) is 0.580. The van der Waals surface area contributed by atoms with Gasteiger partial charge in [0.25, 0.3) is 5.91 Å². The average molecular weight is 392 g/mol. The molecule has 1 heterocycles. The fourth-order valence-corrected chi connectivity index (χ4v) is 3.37. The second-order valence-electron chi connectivity index (χ2n) is 5.84. The summed E-state index contributed by atoms with van der Waals surface area (Å²) < 4.78 is 5.00. The number of aliphatic imine (C=N–C) groups is 1. The summed E-state index contributed by atoms with van der Waals surface area (Å²) in [6.45, 7) is 5.80. The molecule has 0 unspecified atom stereocenters. The van der Waals surface area contributed by atoms with Crippen LogP contribution in [0.5, 0.6) is 0 Å². The maximum Gasteiger partial charge on any atom is 0.338 e. The number of rotatable bonds is 6. The van der Waals surface area contributed by atoms with Gasteiger partial charge in [-0.25, -0.2) is 9.79 Å². The van der Waals surface area contributed by atoms with Crippen LogP contribution in [0, 0.1) is 0 Å². The minimum atomic E-state index is -0.388. The first-order valence-corrected chi connectivity index (χ1v) is 9.83. The molecule has 0 bridgehead atoms. The number of carbonyl (C=O) groups is 2. The van der Waals surface area contributed by atoms with Gasteiger partial charge in [-0.2, -0.15) is 0 Å². The van der Waals surface area contributed by atoms with E-state index in [2.05, 4.69) is 11.6 Å². The van der Waals surface area contributed by atoms with Crippen LogP contribution in [-0.2, 0) is 9.53 Å². The lowest BCUT2D eigenvalue weighted by molar-refractivity contribution is -0.113. The number of carbonyl (C=O) groups excluding carboxylic acids is 2. The van der Waals surface area contributed by atoms with Gasteiger partial charge in [0.2, 0.25) is 0 Å². The largest absolute Gasteiger partial charge is 0.462 e. The molecule has 0 saturated carbocycles. The fraction of sp³-hybridized carbons (Fsp3) is 0.136. The zero-order valence-corrected chi connectivity index (χ0v) is 16.3. The topological polar surface area (TPSA) is 59.0 Å². The molecular formula is C22H20N2O3S. The molecule has 5 nitrogen and oxygen atoms in total. The molecule has 2 aromatic carbocycles. The number of amides is 1. The number of amidine groups is 1. The van der Waals surface area contributed by atoms with E-state index in [9.17, 15) is 9.59 Å². The van der Waals surface area contributed by atoms with Crippen molar-refractivity contribution in [1.82, 2.24) is 0 Å². The highest BCUT2D eigenvalue weighted by Gasteiger charge is 2.31. The van der Waals surface area contributed by atoms with Crippen molar-refractivity contribution >= 4 is 40.6 Å². The van der Waals surface area contributed by atoms with Crippen LogP contribution >= 0.6 is 11.8 Å². The smallest absolute Gasteiger partial charge is 0.338 e. The number of anilines is 1. The van der Waals surface area contributed by atoms with Crippen LogP contribution in [0.15, 0.2) is 77.9 Å². The highest BCUT2D eigenvalue weighted by molar-refractivity contribution is 8.14. The van der Waals surface area contributed by atoms with Crippen LogP contribution in [0.25, 0.3) is 6.08 Å². The van der Waals surface area contributed by atoms with Crippen molar-refractivity contribution in [3.8, 4) is 0 Å². The van der Waals surface area contributed by atoms with Crippen molar-refractivity contribution in [2.45, 2.75) is 6.92 Å². The Labute approximate surface area is 168 Å². The summed E-state index contributed by atoms with van der Waals surface area (Å²) in [5.74, 6) is 0.0305. The van der Waals surface area contributed by atoms with E-state index in [4.69, 9.17) is 4.74 Å². The van der Waals surface area contributed by atoms with Gasteiger partial charge in [0.05, 0.1) is 17.9 Å². The Balaban J connectivity index is 1.91. The Morgan fingerprint density at radius 1 is 1.18 bits per heavy atom. The standard InChI is InChI=1S/C22H20N2O3S/c1-3-14-28-22-23-19(15-16-8-6-5-7-9-16)20(25)24(22)18-12-10-17(11-13-18)21(26)27-4-2/h3,5-13,15H,1,4,14H2,2H3/b19-15-. The third-order valence-corrected chi connectivity index (χ3v) is 4.83. The molecule has 142 valence electrons. The SMILES string of the molecule is C=CCSC1=N/C(=C\c2ccccc2)C(=O)N1c1ccc(C(=O)OCC)cc1. The highest BCUT2D eigenvalue weighted by atomic mass is 32.2. The maximum atomic E-state index is 13.0. The lowest BCUT2D eigenvalue weighted by Gasteiger charge is -2.17. The average Bonchev–Trinajstić information content (AvgIpc) is 3.02. The van der Waals surface area contributed by atoms with Crippen molar-refractivity contribution in [1.29, 1.82) is 0 Å². The van der Waals surface area contributed by atoms with Gasteiger partial charge in [0, 0.05) is 5.75 Å². The Morgan fingerprint density at radius 2 is 1.89 bits per heavy atom. The van der Waals surface area contributed by atoms with E-state index < -0.39 is 0 Å². The molecule has 1 aliphatic rings. The third kappa shape index (κ3) is 4.40. The molecule has 3 rings (SSSR count). The third-order valence-electron chi connectivity index (χ3n) is 3.90. The zero-order valence-electron chi connectivity index (χ0n) is 15.5. The Morgan fingerprint density at radius 3 is 2.54 bits per heavy atom. The fourth-order valence-electron chi connectivity index (χ4n) is 2.62. The van der Waals surface area contributed by atoms with Gasteiger partial charge >= 0.3 is 5.97 Å². The molecule has 0 spiro atoms. The minimum Gasteiger partial charge on any atom is -0.462 e. The number of nitrogens with zero attached hydrogens (tertiary/aromatic N) is 2. The van der Waals surface area contributed by atoms with Crippen molar-refractivity contribution in [3.05, 3.63) is 84.1 Å². The predicted octanol–water partition coefficient (Wildman–Crippen LogP) is 4.53. The number of benzene rings is 2. The van der Waals surface area contributed by atoms with E-state index in [1.807, 2.05) is 30.3 Å². The number of thioether (sulfide) groups is 1. The lowest BCUT2D eigenvalue weighted by Crippen LogP contribution is -2.30. The normalized spacial score (nSPS) is 14.9. The molecule has 0 N–H and O–H groups in total. The molecule has 2 aromatic rings. The molecular weight excluding hydrogens is 372 g/mol. The van der Waals surface area contributed by atoms with Crippen LogP contribution in [0.3, 0.4) is 0 Å². The number of hydrogen-bond acceptors (Lipinski definition) is 5. The van der Waals surface area contributed by atoms with E-state index in [0.29, 0.717) is 34.5 Å².